The molecule has 0 spiro atoms. The number of halogens is 1. The Morgan fingerprint density at radius 2 is 2.06 bits per heavy atom. The van der Waals surface area contributed by atoms with Crippen molar-refractivity contribution < 1.29 is 9.53 Å². The van der Waals surface area contributed by atoms with Crippen molar-refractivity contribution in [1.82, 2.24) is 4.98 Å². The van der Waals surface area contributed by atoms with Gasteiger partial charge in [-0.25, -0.2) is 4.79 Å². The summed E-state index contributed by atoms with van der Waals surface area (Å²) in [6.45, 7) is 4.00. The van der Waals surface area contributed by atoms with Gasteiger partial charge >= 0.3 is 5.97 Å². The van der Waals surface area contributed by atoms with E-state index in [-0.39, 0.29) is 0 Å². The van der Waals surface area contributed by atoms with E-state index in [1.165, 1.54) is 7.11 Å². The third-order valence-corrected chi connectivity index (χ3v) is 3.45. The van der Waals surface area contributed by atoms with E-state index in [0.717, 1.165) is 15.8 Å². The van der Waals surface area contributed by atoms with Gasteiger partial charge in [-0.1, -0.05) is 25.4 Å². The highest BCUT2D eigenvalue weighted by Gasteiger charge is 2.14. The van der Waals surface area contributed by atoms with E-state index < -0.39 is 5.97 Å². The Bertz CT molecular complexity index is 551. The summed E-state index contributed by atoms with van der Waals surface area (Å²) in [5.74, 6) is -0.417. The van der Waals surface area contributed by atoms with Gasteiger partial charge in [0.2, 0.25) is 0 Å². The van der Waals surface area contributed by atoms with E-state index in [4.69, 9.17) is 11.6 Å². The first-order valence-electron chi connectivity index (χ1n) is 5.60. The molecule has 0 radical (unpaired) electrons. The second-order valence-corrected chi connectivity index (χ2v) is 4.48. The number of ether oxygens (including phenoxy) is 1. The minimum Gasteiger partial charge on any atom is -0.465 e. The van der Waals surface area contributed by atoms with Crippen LogP contribution >= 0.6 is 23.4 Å². The summed E-state index contributed by atoms with van der Waals surface area (Å²) in [5.41, 5.74) is 1.31. The first-order valence-corrected chi connectivity index (χ1v) is 7.20. The zero-order valence-corrected chi connectivity index (χ0v) is 12.4. The maximum Gasteiger partial charge on any atom is 0.339 e. The predicted octanol–water partition coefficient (Wildman–Crippen LogP) is 4.36. The summed E-state index contributed by atoms with van der Waals surface area (Å²) in [6.07, 6.45) is 3.88. The molecule has 0 unspecified atom stereocenters. The molecule has 2 rings (SSSR count). The van der Waals surface area contributed by atoms with E-state index in [1.54, 1.807) is 23.9 Å². The van der Waals surface area contributed by atoms with E-state index in [1.807, 2.05) is 26.3 Å². The van der Waals surface area contributed by atoms with Crippen LogP contribution in [0.15, 0.2) is 23.2 Å². The molecule has 1 aromatic carbocycles. The number of aromatic nitrogens is 1. The Kier molecular flexibility index (Phi) is 5.56. The van der Waals surface area contributed by atoms with Crippen LogP contribution in [0.5, 0.6) is 0 Å². The van der Waals surface area contributed by atoms with Crippen molar-refractivity contribution in [2.75, 3.05) is 13.4 Å². The Morgan fingerprint density at radius 3 is 2.61 bits per heavy atom. The maximum atomic E-state index is 11.5. The highest BCUT2D eigenvalue weighted by molar-refractivity contribution is 7.98. The topological polar surface area (TPSA) is 42.1 Å². The highest BCUT2D eigenvalue weighted by atomic mass is 35.5. The van der Waals surface area contributed by atoms with Gasteiger partial charge in [0, 0.05) is 22.0 Å². The number of hydrogen-bond acceptors (Lipinski definition) is 3. The first kappa shape index (κ1) is 14.9. The summed E-state index contributed by atoms with van der Waals surface area (Å²) >= 11 is 7.61. The van der Waals surface area contributed by atoms with E-state index in [9.17, 15) is 4.79 Å². The van der Waals surface area contributed by atoms with Crippen molar-refractivity contribution in [3.05, 3.63) is 28.9 Å². The molecule has 0 saturated heterocycles. The molecule has 18 heavy (non-hydrogen) atoms. The Labute approximate surface area is 116 Å². The molecule has 5 heteroatoms. The lowest BCUT2D eigenvalue weighted by Crippen LogP contribution is -2.01. The van der Waals surface area contributed by atoms with Crippen LogP contribution in [-0.4, -0.2) is 24.3 Å². The van der Waals surface area contributed by atoms with Gasteiger partial charge in [-0.05, 0) is 18.4 Å². The van der Waals surface area contributed by atoms with Crippen LogP contribution in [0.4, 0.5) is 0 Å². The lowest BCUT2D eigenvalue weighted by molar-refractivity contribution is 0.0601. The zero-order chi connectivity index (χ0) is 13.7. The Morgan fingerprint density at radius 1 is 1.39 bits per heavy atom. The fourth-order valence-corrected chi connectivity index (χ4v) is 2.36. The molecule has 98 valence electrons. The summed E-state index contributed by atoms with van der Waals surface area (Å²) < 4.78 is 4.68. The Balaban J connectivity index is 0.000000771. The van der Waals surface area contributed by atoms with Gasteiger partial charge < -0.3 is 9.72 Å². The number of H-pyrrole nitrogens is 1. The van der Waals surface area contributed by atoms with Crippen molar-refractivity contribution in [3.8, 4) is 0 Å². The number of carbonyl (C=O) groups is 1. The predicted molar refractivity (Wildman–Crippen MR) is 77.8 cm³/mol. The quantitative estimate of drug-likeness (QED) is 0.658. The number of fused-ring (bicyclic) bond motifs is 1. The lowest BCUT2D eigenvalue weighted by atomic mass is 10.1. The number of aromatic amines is 1. The zero-order valence-electron chi connectivity index (χ0n) is 10.8. The van der Waals surface area contributed by atoms with Crippen LogP contribution in [0.1, 0.15) is 24.2 Å². The summed E-state index contributed by atoms with van der Waals surface area (Å²) in [5, 5.41) is 1.38. The fraction of sp³-hybridized carbons (Fsp3) is 0.308. The van der Waals surface area contributed by atoms with Crippen molar-refractivity contribution in [2.24, 2.45) is 0 Å². The first-order chi connectivity index (χ1) is 8.67. The monoisotopic (exact) mass is 285 g/mol. The van der Waals surface area contributed by atoms with Crippen molar-refractivity contribution >= 4 is 40.2 Å². The minimum atomic E-state index is -0.417. The molecule has 0 amide bonds. The number of nitrogens with one attached hydrogen (secondary N) is 1. The molecule has 1 aromatic heterocycles. The number of benzene rings is 1. The molecule has 1 heterocycles. The highest BCUT2D eigenvalue weighted by Crippen LogP contribution is 2.30. The minimum absolute atomic E-state index is 0.395. The largest absolute Gasteiger partial charge is 0.465 e. The smallest absolute Gasteiger partial charge is 0.339 e. The summed E-state index contributed by atoms with van der Waals surface area (Å²) in [7, 11) is 1.34. The van der Waals surface area contributed by atoms with Gasteiger partial charge in [-0.3, -0.25) is 0 Å². The lowest BCUT2D eigenvalue weighted by Gasteiger charge is -2.03. The summed E-state index contributed by atoms with van der Waals surface area (Å²) in [4.78, 5) is 15.7. The van der Waals surface area contributed by atoms with Gasteiger partial charge in [0.25, 0.3) is 0 Å². The molecule has 0 bridgehead atoms. The van der Waals surface area contributed by atoms with Gasteiger partial charge in [-0.2, -0.15) is 0 Å². The van der Waals surface area contributed by atoms with E-state index >= 15 is 0 Å². The average Bonchev–Trinajstić information content (AvgIpc) is 2.81. The molecular weight excluding hydrogens is 270 g/mol. The maximum absolute atomic E-state index is 11.5. The van der Waals surface area contributed by atoms with Crippen LogP contribution in [0.25, 0.3) is 10.9 Å². The van der Waals surface area contributed by atoms with E-state index in [0.29, 0.717) is 10.6 Å². The SMILES string of the molecule is CC.COC(=O)c1cc2c(SC)c[nH]c2cc1Cl. The standard InChI is InChI=1S/C11H10ClNO2S.C2H6/c1-15-11(14)6-3-7-9(4-8(6)12)13-5-10(7)16-2;1-2/h3-5,13H,1-2H3;1-2H3. The number of methoxy groups -OCH3 is 1. The number of hydrogen-bond donors (Lipinski definition) is 1. The molecule has 2 aromatic rings. The van der Waals surface area contributed by atoms with Gasteiger partial charge in [0.15, 0.2) is 0 Å². The number of esters is 1. The van der Waals surface area contributed by atoms with Gasteiger partial charge in [0.1, 0.15) is 0 Å². The summed E-state index contributed by atoms with van der Waals surface area (Å²) in [6, 6.07) is 3.49. The number of rotatable bonds is 2. The van der Waals surface area contributed by atoms with Crippen molar-refractivity contribution in [3.63, 3.8) is 0 Å². The fourth-order valence-electron chi connectivity index (χ4n) is 1.55. The van der Waals surface area contributed by atoms with Crippen LogP contribution < -0.4 is 0 Å². The number of carbonyl (C=O) groups excluding carboxylic acids is 1. The van der Waals surface area contributed by atoms with Crippen LogP contribution in [-0.2, 0) is 4.74 Å². The molecule has 1 N–H and O–H groups in total. The molecule has 0 aliphatic rings. The molecule has 3 nitrogen and oxygen atoms in total. The molecule has 0 fully saturated rings. The third kappa shape index (κ3) is 2.82. The van der Waals surface area contributed by atoms with Gasteiger partial charge in [-0.15, -0.1) is 11.8 Å². The second kappa shape index (κ2) is 6.71. The third-order valence-electron chi connectivity index (χ3n) is 2.36. The van der Waals surface area contributed by atoms with Crippen LogP contribution in [0.2, 0.25) is 5.02 Å². The number of thioether (sulfide) groups is 1. The van der Waals surface area contributed by atoms with Crippen molar-refractivity contribution in [2.45, 2.75) is 18.7 Å². The molecule has 0 atom stereocenters. The van der Waals surface area contributed by atoms with E-state index in [2.05, 4.69) is 9.72 Å². The van der Waals surface area contributed by atoms with Crippen LogP contribution in [0.3, 0.4) is 0 Å². The Hall–Kier alpha value is -1.13. The van der Waals surface area contributed by atoms with Gasteiger partial charge in [0.05, 0.1) is 17.7 Å². The molecular formula is C13H16ClNO2S. The second-order valence-electron chi connectivity index (χ2n) is 3.23. The molecule has 0 aliphatic heterocycles. The molecule has 0 aliphatic carbocycles. The normalized spacial score (nSPS) is 9.83. The van der Waals surface area contributed by atoms with Crippen LogP contribution in [0, 0.1) is 0 Å². The van der Waals surface area contributed by atoms with Crippen molar-refractivity contribution in [1.29, 1.82) is 0 Å². The average molecular weight is 286 g/mol. The molecule has 0 saturated carbocycles.